The molecule has 0 aromatic heterocycles. The lowest BCUT2D eigenvalue weighted by Crippen LogP contribution is -2.06. The average molecular weight is 503 g/mol. The molecule has 5 rings (SSSR count). The maximum absolute atomic E-state index is 11.3. The average Bonchev–Trinajstić information content (AvgIpc) is 3.59. The highest BCUT2D eigenvalue weighted by molar-refractivity contribution is 7.98. The van der Waals surface area contributed by atoms with Crippen molar-refractivity contribution in [3.63, 3.8) is 0 Å². The van der Waals surface area contributed by atoms with Crippen LogP contribution >= 0.6 is 11.8 Å². The van der Waals surface area contributed by atoms with E-state index >= 15 is 0 Å². The fourth-order valence-corrected chi connectivity index (χ4v) is 6.24. The molecule has 4 nitrogen and oxygen atoms in total. The summed E-state index contributed by atoms with van der Waals surface area (Å²) < 4.78 is 12.2. The van der Waals surface area contributed by atoms with Gasteiger partial charge in [0.25, 0.3) is 0 Å². The van der Waals surface area contributed by atoms with Crippen LogP contribution in [0.4, 0.5) is 0 Å². The molecule has 0 spiro atoms. The second kappa shape index (κ2) is 10.6. The van der Waals surface area contributed by atoms with Gasteiger partial charge in [0, 0.05) is 0 Å². The number of carboxylic acids is 1. The van der Waals surface area contributed by atoms with Crippen molar-refractivity contribution >= 4 is 17.7 Å². The highest BCUT2D eigenvalue weighted by Gasteiger charge is 2.52. The van der Waals surface area contributed by atoms with Crippen LogP contribution in [0.2, 0.25) is 0 Å². The van der Waals surface area contributed by atoms with Crippen LogP contribution in [0.5, 0.6) is 11.5 Å². The van der Waals surface area contributed by atoms with Crippen LogP contribution in [-0.4, -0.2) is 29.7 Å². The SMILES string of the molecule is CSCCCOc1cc(C)c(-c2cccc(COc3ccc4c(c3)C3CC3C4CC(=O)O)c2)c(C)c1. The Kier molecular flexibility index (Phi) is 7.29. The monoisotopic (exact) mass is 502 g/mol. The Balaban J connectivity index is 1.27. The predicted molar refractivity (Wildman–Crippen MR) is 146 cm³/mol. The summed E-state index contributed by atoms with van der Waals surface area (Å²) in [7, 11) is 0. The van der Waals surface area contributed by atoms with E-state index in [9.17, 15) is 9.90 Å². The molecule has 0 heterocycles. The minimum Gasteiger partial charge on any atom is -0.494 e. The fraction of sp³-hybridized carbons (Fsp3) is 0.387. The van der Waals surface area contributed by atoms with Gasteiger partial charge in [0.1, 0.15) is 18.1 Å². The second-order valence-corrected chi connectivity index (χ2v) is 11.1. The minimum atomic E-state index is -0.711. The lowest BCUT2D eigenvalue weighted by molar-refractivity contribution is -0.137. The van der Waals surface area contributed by atoms with Crippen LogP contribution in [0.25, 0.3) is 11.1 Å². The smallest absolute Gasteiger partial charge is 0.303 e. The number of aliphatic carboxylic acids is 1. The van der Waals surface area contributed by atoms with E-state index in [1.54, 1.807) is 0 Å². The number of rotatable bonds is 11. The van der Waals surface area contributed by atoms with Gasteiger partial charge in [-0.25, -0.2) is 0 Å². The van der Waals surface area contributed by atoms with E-state index in [1.165, 1.54) is 33.4 Å². The summed E-state index contributed by atoms with van der Waals surface area (Å²) in [5, 5.41) is 9.27. The van der Waals surface area contributed by atoms with E-state index in [0.29, 0.717) is 18.4 Å². The van der Waals surface area contributed by atoms with Gasteiger partial charge in [-0.15, -0.1) is 0 Å². The zero-order valence-corrected chi connectivity index (χ0v) is 22.1. The van der Waals surface area contributed by atoms with Crippen molar-refractivity contribution in [3.8, 4) is 22.6 Å². The van der Waals surface area contributed by atoms with E-state index in [4.69, 9.17) is 9.47 Å². The standard InChI is InChI=1S/C31H34O4S/c1-19-12-24(34-10-5-11-36-3)13-20(2)31(19)22-7-4-6-21(14-22)18-35-23-8-9-25-26(15-23)27-16-28(27)29(25)17-30(32)33/h4,6-9,12-15,27-29H,5,10-11,16-18H2,1-3H3,(H,32,33). The summed E-state index contributed by atoms with van der Waals surface area (Å²) in [4.78, 5) is 11.3. The van der Waals surface area contributed by atoms with Crippen molar-refractivity contribution in [1.29, 1.82) is 0 Å². The number of aryl methyl sites for hydroxylation is 2. The van der Waals surface area contributed by atoms with Gasteiger partial charge in [-0.05, 0) is 126 Å². The number of carbonyl (C=O) groups is 1. The normalized spacial score (nSPS) is 19.5. The Bertz CT molecular complexity index is 1240. The summed E-state index contributed by atoms with van der Waals surface area (Å²) in [6.07, 6.45) is 4.51. The van der Waals surface area contributed by atoms with Crippen LogP contribution in [0.15, 0.2) is 54.6 Å². The molecule has 188 valence electrons. The fourth-order valence-electron chi connectivity index (χ4n) is 5.84. The van der Waals surface area contributed by atoms with Gasteiger partial charge in [-0.1, -0.05) is 24.3 Å². The van der Waals surface area contributed by atoms with Crippen molar-refractivity contribution in [2.24, 2.45) is 5.92 Å². The molecule has 5 heteroatoms. The summed E-state index contributed by atoms with van der Waals surface area (Å²) in [5.74, 6) is 3.37. The Morgan fingerprint density at radius 1 is 1.00 bits per heavy atom. The summed E-state index contributed by atoms with van der Waals surface area (Å²) in [5.41, 5.74) is 8.47. The van der Waals surface area contributed by atoms with Gasteiger partial charge in [0.15, 0.2) is 0 Å². The van der Waals surface area contributed by atoms with Crippen molar-refractivity contribution < 1.29 is 19.4 Å². The van der Waals surface area contributed by atoms with Crippen molar-refractivity contribution in [2.75, 3.05) is 18.6 Å². The van der Waals surface area contributed by atoms with Gasteiger partial charge in [0.2, 0.25) is 0 Å². The molecule has 0 bridgehead atoms. The Morgan fingerprint density at radius 3 is 2.56 bits per heavy atom. The lowest BCUT2D eigenvalue weighted by Gasteiger charge is -2.16. The second-order valence-electron chi connectivity index (χ2n) is 10.1. The molecule has 2 aliphatic rings. The molecule has 0 amide bonds. The summed E-state index contributed by atoms with van der Waals surface area (Å²) in [6, 6.07) is 19.0. The summed E-state index contributed by atoms with van der Waals surface area (Å²) >= 11 is 1.85. The first-order valence-electron chi connectivity index (χ1n) is 12.8. The first-order valence-corrected chi connectivity index (χ1v) is 14.1. The molecule has 3 aromatic carbocycles. The van der Waals surface area contributed by atoms with Crippen LogP contribution < -0.4 is 9.47 Å². The van der Waals surface area contributed by atoms with Crippen molar-refractivity contribution in [1.82, 2.24) is 0 Å². The van der Waals surface area contributed by atoms with Crippen molar-refractivity contribution in [3.05, 3.63) is 82.4 Å². The van der Waals surface area contributed by atoms with Crippen molar-refractivity contribution in [2.45, 2.75) is 51.6 Å². The molecule has 1 N–H and O–H groups in total. The van der Waals surface area contributed by atoms with E-state index < -0.39 is 5.97 Å². The Hall–Kier alpha value is -2.92. The largest absolute Gasteiger partial charge is 0.494 e. The van der Waals surface area contributed by atoms with Crippen LogP contribution in [0, 0.1) is 19.8 Å². The molecule has 0 aliphatic heterocycles. The van der Waals surface area contributed by atoms with Gasteiger partial charge < -0.3 is 14.6 Å². The minimum absolute atomic E-state index is 0.159. The maximum Gasteiger partial charge on any atom is 0.303 e. The molecule has 36 heavy (non-hydrogen) atoms. The van der Waals surface area contributed by atoms with E-state index in [1.807, 2.05) is 17.8 Å². The molecule has 3 atom stereocenters. The number of ether oxygens (including phenoxy) is 2. The topological polar surface area (TPSA) is 55.8 Å². The van der Waals surface area contributed by atoms with Gasteiger partial charge in [-0.2, -0.15) is 11.8 Å². The molecule has 3 unspecified atom stereocenters. The third-order valence-electron chi connectivity index (χ3n) is 7.50. The molecule has 0 saturated heterocycles. The molecular formula is C31H34O4S. The molecule has 1 fully saturated rings. The van der Waals surface area contributed by atoms with Gasteiger partial charge in [-0.3, -0.25) is 4.79 Å². The van der Waals surface area contributed by atoms with E-state index in [0.717, 1.165) is 42.3 Å². The molecule has 2 aliphatic carbocycles. The van der Waals surface area contributed by atoms with Crippen LogP contribution in [0.3, 0.4) is 0 Å². The number of hydrogen-bond acceptors (Lipinski definition) is 4. The number of carboxylic acid groups (broad SMARTS) is 1. The first kappa shape index (κ1) is 24.8. The molecule has 0 radical (unpaired) electrons. The molecular weight excluding hydrogens is 468 g/mol. The number of thioether (sulfide) groups is 1. The zero-order valence-electron chi connectivity index (χ0n) is 21.3. The Labute approximate surface area is 218 Å². The number of fused-ring (bicyclic) bond motifs is 3. The number of hydrogen-bond donors (Lipinski definition) is 1. The van der Waals surface area contributed by atoms with Gasteiger partial charge in [0.05, 0.1) is 13.0 Å². The van der Waals surface area contributed by atoms with Crippen LogP contribution in [-0.2, 0) is 11.4 Å². The van der Waals surface area contributed by atoms with Gasteiger partial charge >= 0.3 is 5.97 Å². The van der Waals surface area contributed by atoms with E-state index in [2.05, 4.69) is 68.6 Å². The summed E-state index contributed by atoms with van der Waals surface area (Å²) in [6.45, 7) is 5.53. The first-order chi connectivity index (χ1) is 17.4. The quantitative estimate of drug-likeness (QED) is 0.278. The lowest BCUT2D eigenvalue weighted by atomic mass is 9.93. The molecule has 1 saturated carbocycles. The highest BCUT2D eigenvalue weighted by Crippen LogP contribution is 2.64. The third-order valence-corrected chi connectivity index (χ3v) is 8.19. The van der Waals surface area contributed by atoms with E-state index in [-0.39, 0.29) is 12.3 Å². The zero-order chi connectivity index (χ0) is 25.2. The Morgan fingerprint density at radius 2 is 1.81 bits per heavy atom. The number of benzene rings is 3. The highest BCUT2D eigenvalue weighted by atomic mass is 32.2. The third kappa shape index (κ3) is 5.27. The van der Waals surface area contributed by atoms with Crippen LogP contribution in [0.1, 0.15) is 58.9 Å². The predicted octanol–water partition coefficient (Wildman–Crippen LogP) is 7.36. The molecule has 3 aromatic rings. The maximum atomic E-state index is 11.3.